The Kier molecular flexibility index (Phi) is 16.7. The van der Waals surface area contributed by atoms with Crippen molar-refractivity contribution in [3.05, 3.63) is 48.6 Å². The molecule has 8 nitrogen and oxygen atoms in total. The summed E-state index contributed by atoms with van der Waals surface area (Å²) in [5, 5.41) is 18.4. The number of aliphatic hydroxyl groups excluding tert-OH is 2. The first-order chi connectivity index (χ1) is 13.6. The van der Waals surface area contributed by atoms with Gasteiger partial charge in [0, 0.05) is 12.2 Å². The Morgan fingerprint density at radius 1 is 0.750 bits per heavy atom. The summed E-state index contributed by atoms with van der Waals surface area (Å²) in [5.41, 5.74) is 0. The molecule has 0 aliphatic rings. The van der Waals surface area contributed by atoms with Crippen molar-refractivity contribution in [1.29, 1.82) is 0 Å². The standard InChI is InChI=1S/C20H30O8/c1-3-5-7-9-19(23)27-17(13-21)15-25-11-12-26-16-18(14-22)28-20(24)10-8-6-4-2/h3-10,17-18,21-22H,11-16H2,1-2H3. The average Bonchev–Trinajstić information content (AvgIpc) is 2.69. The van der Waals surface area contributed by atoms with Gasteiger partial charge in [0.1, 0.15) is 12.2 Å². The molecule has 0 saturated carbocycles. The lowest BCUT2D eigenvalue weighted by atomic mass is 10.4. The second-order valence-corrected chi connectivity index (χ2v) is 5.40. The smallest absolute Gasteiger partial charge is 0.331 e. The zero-order valence-corrected chi connectivity index (χ0v) is 16.4. The topological polar surface area (TPSA) is 112 Å². The Labute approximate surface area is 165 Å². The van der Waals surface area contributed by atoms with Gasteiger partial charge in [-0.2, -0.15) is 0 Å². The van der Waals surface area contributed by atoms with E-state index in [1.165, 1.54) is 24.3 Å². The molecule has 8 heteroatoms. The molecule has 0 aliphatic carbocycles. The van der Waals surface area contributed by atoms with Crippen LogP contribution in [-0.4, -0.2) is 74.0 Å². The van der Waals surface area contributed by atoms with Crippen LogP contribution in [0.1, 0.15) is 13.8 Å². The molecule has 0 aromatic carbocycles. The molecule has 0 aromatic heterocycles. The van der Waals surface area contributed by atoms with E-state index in [4.69, 9.17) is 18.9 Å². The summed E-state index contributed by atoms with van der Waals surface area (Å²) in [6, 6.07) is 0. The Morgan fingerprint density at radius 2 is 1.14 bits per heavy atom. The minimum Gasteiger partial charge on any atom is -0.454 e. The fraction of sp³-hybridized carbons (Fsp3) is 0.500. The van der Waals surface area contributed by atoms with E-state index >= 15 is 0 Å². The Morgan fingerprint density at radius 3 is 1.46 bits per heavy atom. The van der Waals surface area contributed by atoms with Gasteiger partial charge in [0.2, 0.25) is 0 Å². The molecule has 0 fully saturated rings. The molecule has 2 N–H and O–H groups in total. The Balaban J connectivity index is 3.97. The van der Waals surface area contributed by atoms with Crippen LogP contribution in [0.3, 0.4) is 0 Å². The van der Waals surface area contributed by atoms with Crippen molar-refractivity contribution in [3.63, 3.8) is 0 Å². The third kappa shape index (κ3) is 14.9. The number of allylic oxidation sites excluding steroid dienone is 6. The first-order valence-electron chi connectivity index (χ1n) is 8.94. The largest absolute Gasteiger partial charge is 0.454 e. The number of rotatable bonds is 15. The van der Waals surface area contributed by atoms with Crippen molar-refractivity contribution < 1.29 is 38.7 Å². The minimum atomic E-state index is -0.780. The van der Waals surface area contributed by atoms with E-state index in [2.05, 4.69) is 0 Å². The molecule has 28 heavy (non-hydrogen) atoms. The van der Waals surface area contributed by atoms with Crippen LogP contribution in [0.2, 0.25) is 0 Å². The minimum absolute atomic E-state index is 0.0111. The van der Waals surface area contributed by atoms with Crippen LogP contribution < -0.4 is 0 Å². The molecule has 0 saturated heterocycles. The maximum absolute atomic E-state index is 11.5. The lowest BCUT2D eigenvalue weighted by molar-refractivity contribution is -0.151. The van der Waals surface area contributed by atoms with E-state index in [0.29, 0.717) is 0 Å². The van der Waals surface area contributed by atoms with E-state index in [1.807, 2.05) is 13.8 Å². The molecule has 158 valence electrons. The predicted octanol–water partition coefficient (Wildman–Crippen LogP) is 1.09. The summed E-state index contributed by atoms with van der Waals surface area (Å²) in [6.45, 7) is 3.27. The highest BCUT2D eigenvalue weighted by Gasteiger charge is 2.13. The number of ether oxygens (including phenoxy) is 4. The second kappa shape index (κ2) is 18.1. The van der Waals surface area contributed by atoms with Crippen molar-refractivity contribution in [2.24, 2.45) is 0 Å². The molecule has 2 unspecified atom stereocenters. The molecule has 0 radical (unpaired) electrons. The summed E-state index contributed by atoms with van der Waals surface area (Å²) in [5.74, 6) is -1.15. The first kappa shape index (κ1) is 25.7. The van der Waals surface area contributed by atoms with Gasteiger partial charge in [0.05, 0.1) is 39.6 Å². The highest BCUT2D eigenvalue weighted by Crippen LogP contribution is 1.98. The molecule has 0 aromatic rings. The van der Waals surface area contributed by atoms with Crippen LogP contribution in [0.15, 0.2) is 48.6 Å². The lowest BCUT2D eigenvalue weighted by Gasteiger charge is -2.16. The molecular weight excluding hydrogens is 368 g/mol. The number of esters is 2. The van der Waals surface area contributed by atoms with Gasteiger partial charge in [0.25, 0.3) is 0 Å². The van der Waals surface area contributed by atoms with Crippen LogP contribution in [0, 0.1) is 0 Å². The van der Waals surface area contributed by atoms with Crippen LogP contribution in [0.25, 0.3) is 0 Å². The quantitative estimate of drug-likeness (QED) is 0.183. The van der Waals surface area contributed by atoms with Gasteiger partial charge < -0.3 is 29.2 Å². The van der Waals surface area contributed by atoms with Crippen molar-refractivity contribution in [2.75, 3.05) is 39.6 Å². The van der Waals surface area contributed by atoms with Gasteiger partial charge in [-0.1, -0.05) is 36.5 Å². The van der Waals surface area contributed by atoms with Crippen LogP contribution >= 0.6 is 0 Å². The maximum Gasteiger partial charge on any atom is 0.331 e. The summed E-state index contributed by atoms with van der Waals surface area (Å²) in [4.78, 5) is 23.0. The van der Waals surface area contributed by atoms with Crippen LogP contribution in [-0.2, 0) is 28.5 Å². The van der Waals surface area contributed by atoms with Crippen molar-refractivity contribution in [3.8, 4) is 0 Å². The fourth-order valence-corrected chi connectivity index (χ4v) is 1.69. The summed E-state index contributed by atoms with van der Waals surface area (Å²) in [7, 11) is 0. The summed E-state index contributed by atoms with van der Waals surface area (Å²) in [6.07, 6.45) is 10.9. The van der Waals surface area contributed by atoms with Crippen LogP contribution in [0.5, 0.6) is 0 Å². The fourth-order valence-electron chi connectivity index (χ4n) is 1.69. The number of aliphatic hydroxyl groups is 2. The monoisotopic (exact) mass is 398 g/mol. The van der Waals surface area contributed by atoms with E-state index in [0.717, 1.165) is 0 Å². The van der Waals surface area contributed by atoms with Crippen molar-refractivity contribution in [1.82, 2.24) is 0 Å². The van der Waals surface area contributed by atoms with Gasteiger partial charge in [-0.25, -0.2) is 9.59 Å². The molecule has 0 amide bonds. The molecule has 0 aliphatic heterocycles. The Bertz CT molecular complexity index is 488. The van der Waals surface area contributed by atoms with Gasteiger partial charge in [-0.05, 0) is 13.8 Å². The van der Waals surface area contributed by atoms with Crippen molar-refractivity contribution in [2.45, 2.75) is 26.1 Å². The number of hydrogen-bond acceptors (Lipinski definition) is 8. The van der Waals surface area contributed by atoms with Gasteiger partial charge in [-0.3, -0.25) is 0 Å². The zero-order valence-electron chi connectivity index (χ0n) is 16.4. The highest BCUT2D eigenvalue weighted by atomic mass is 16.6. The zero-order chi connectivity index (χ0) is 21.0. The van der Waals surface area contributed by atoms with E-state index < -0.39 is 24.1 Å². The third-order valence-corrected chi connectivity index (χ3v) is 3.02. The molecule has 2 atom stereocenters. The summed E-state index contributed by atoms with van der Waals surface area (Å²) >= 11 is 0. The van der Waals surface area contributed by atoms with E-state index in [1.54, 1.807) is 24.3 Å². The normalized spacial score (nSPS) is 14.3. The second-order valence-electron chi connectivity index (χ2n) is 5.40. The SMILES string of the molecule is CC=CC=CC(=O)OC(CO)COCCOCC(CO)OC(=O)C=CC=CC. The molecule has 0 heterocycles. The molecule has 0 spiro atoms. The van der Waals surface area contributed by atoms with Crippen molar-refractivity contribution >= 4 is 11.9 Å². The van der Waals surface area contributed by atoms with Gasteiger partial charge >= 0.3 is 11.9 Å². The van der Waals surface area contributed by atoms with E-state index in [9.17, 15) is 19.8 Å². The van der Waals surface area contributed by atoms with Gasteiger partial charge in [0.15, 0.2) is 0 Å². The third-order valence-electron chi connectivity index (χ3n) is 3.02. The van der Waals surface area contributed by atoms with E-state index in [-0.39, 0.29) is 39.6 Å². The number of hydrogen-bond donors (Lipinski definition) is 2. The Hall–Kier alpha value is -2.26. The number of carbonyl (C=O) groups is 2. The summed E-state index contributed by atoms with van der Waals surface area (Å²) < 4.78 is 20.6. The molecule has 0 bridgehead atoms. The average molecular weight is 398 g/mol. The predicted molar refractivity (Wildman–Crippen MR) is 103 cm³/mol. The molecule has 0 rings (SSSR count). The number of carbonyl (C=O) groups excluding carboxylic acids is 2. The molecular formula is C20H30O8. The van der Waals surface area contributed by atoms with Crippen LogP contribution in [0.4, 0.5) is 0 Å². The highest BCUT2D eigenvalue weighted by molar-refractivity contribution is 5.82. The maximum atomic E-state index is 11.5. The lowest BCUT2D eigenvalue weighted by Crippen LogP contribution is -2.29. The first-order valence-corrected chi connectivity index (χ1v) is 8.94. The van der Waals surface area contributed by atoms with Gasteiger partial charge in [-0.15, -0.1) is 0 Å².